The molecule has 3 rings (SSSR count). The van der Waals surface area contributed by atoms with Crippen LogP contribution in [0.5, 0.6) is 11.5 Å². The lowest BCUT2D eigenvalue weighted by atomic mass is 9.85. The summed E-state index contributed by atoms with van der Waals surface area (Å²) in [5.74, 6) is 2.72. The molecule has 1 saturated heterocycles. The zero-order valence-corrected chi connectivity index (χ0v) is 17.7. The summed E-state index contributed by atoms with van der Waals surface area (Å²) in [5, 5.41) is 3.20. The first-order chi connectivity index (χ1) is 12.2. The predicted octanol–water partition coefficient (Wildman–Crippen LogP) is 3.08. The monoisotopic (exact) mass is 475 g/mol. The predicted molar refractivity (Wildman–Crippen MR) is 114 cm³/mol. The topological polar surface area (TPSA) is 78.1 Å². The summed E-state index contributed by atoms with van der Waals surface area (Å²) in [6.07, 6.45) is 6.29. The molecule has 6 nitrogen and oxygen atoms in total. The van der Waals surface area contributed by atoms with E-state index in [9.17, 15) is 0 Å². The van der Waals surface area contributed by atoms with Crippen LogP contribution in [0.25, 0.3) is 0 Å². The Morgan fingerprint density at radius 2 is 2.12 bits per heavy atom. The van der Waals surface area contributed by atoms with Gasteiger partial charge in [0.25, 0.3) is 0 Å². The van der Waals surface area contributed by atoms with Crippen LogP contribution in [0.15, 0.2) is 23.2 Å². The second-order valence-electron chi connectivity index (χ2n) is 6.81. The number of halogens is 1. The molecule has 0 amide bonds. The Kier molecular flexibility index (Phi) is 8.77. The smallest absolute Gasteiger partial charge is 0.188 e. The van der Waals surface area contributed by atoms with Gasteiger partial charge in [-0.3, -0.25) is 0 Å². The van der Waals surface area contributed by atoms with Gasteiger partial charge in [0.2, 0.25) is 0 Å². The standard InChI is InChI=1S/C19H29N3O3.HI/c1-23-18-10-15(12-22-19(20)21-11-14-4-2-5-14)7-8-17(18)25-13-16-6-3-9-24-16;/h7-8,10,14,16H,2-6,9,11-13H2,1H3,(H3,20,21,22);1H. The van der Waals surface area contributed by atoms with E-state index >= 15 is 0 Å². The van der Waals surface area contributed by atoms with Gasteiger partial charge >= 0.3 is 0 Å². The van der Waals surface area contributed by atoms with Crippen molar-refractivity contribution in [1.82, 2.24) is 5.32 Å². The van der Waals surface area contributed by atoms with Gasteiger partial charge in [-0.1, -0.05) is 12.5 Å². The van der Waals surface area contributed by atoms with Gasteiger partial charge in [-0.05, 0) is 49.3 Å². The second kappa shape index (κ2) is 10.8. The van der Waals surface area contributed by atoms with Crippen molar-refractivity contribution in [3.8, 4) is 11.5 Å². The van der Waals surface area contributed by atoms with Crippen LogP contribution < -0.4 is 20.5 Å². The van der Waals surface area contributed by atoms with Crippen molar-refractivity contribution in [3.63, 3.8) is 0 Å². The van der Waals surface area contributed by atoms with Gasteiger partial charge < -0.3 is 25.3 Å². The van der Waals surface area contributed by atoms with Crippen molar-refractivity contribution in [2.24, 2.45) is 16.6 Å². The van der Waals surface area contributed by atoms with E-state index in [0.717, 1.165) is 43.2 Å². The Balaban J connectivity index is 0.00000243. The summed E-state index contributed by atoms with van der Waals surface area (Å²) in [5.41, 5.74) is 6.97. The van der Waals surface area contributed by atoms with Gasteiger partial charge in [-0.25, -0.2) is 4.99 Å². The Labute approximate surface area is 172 Å². The van der Waals surface area contributed by atoms with Crippen LogP contribution in [0, 0.1) is 5.92 Å². The molecule has 1 aromatic rings. The number of benzene rings is 1. The van der Waals surface area contributed by atoms with Gasteiger partial charge in [0, 0.05) is 13.2 Å². The van der Waals surface area contributed by atoms with E-state index in [1.165, 1.54) is 19.3 Å². The first kappa shape index (κ1) is 21.1. The Hall–Kier alpha value is -1.22. The molecule has 1 atom stereocenters. The molecule has 2 fully saturated rings. The molecule has 7 heteroatoms. The fourth-order valence-corrected chi connectivity index (χ4v) is 3.07. The molecule has 146 valence electrons. The maximum absolute atomic E-state index is 5.94. The molecular weight excluding hydrogens is 445 g/mol. The van der Waals surface area contributed by atoms with Crippen LogP contribution in [0.4, 0.5) is 0 Å². The summed E-state index contributed by atoms with van der Waals surface area (Å²) in [4.78, 5) is 4.41. The third kappa shape index (κ3) is 6.19. The van der Waals surface area contributed by atoms with E-state index in [2.05, 4.69) is 10.3 Å². The molecule has 2 aliphatic rings. The van der Waals surface area contributed by atoms with Crippen LogP contribution in [-0.4, -0.2) is 38.9 Å². The van der Waals surface area contributed by atoms with Crippen LogP contribution in [0.1, 0.15) is 37.7 Å². The first-order valence-corrected chi connectivity index (χ1v) is 9.19. The third-order valence-corrected chi connectivity index (χ3v) is 4.91. The highest BCUT2D eigenvalue weighted by molar-refractivity contribution is 14.0. The first-order valence-electron chi connectivity index (χ1n) is 9.19. The van der Waals surface area contributed by atoms with Crippen molar-refractivity contribution in [1.29, 1.82) is 0 Å². The largest absolute Gasteiger partial charge is 0.493 e. The van der Waals surface area contributed by atoms with Crippen molar-refractivity contribution < 1.29 is 14.2 Å². The second-order valence-corrected chi connectivity index (χ2v) is 6.81. The van der Waals surface area contributed by atoms with E-state index < -0.39 is 0 Å². The van der Waals surface area contributed by atoms with Gasteiger partial charge in [0.15, 0.2) is 17.5 Å². The maximum Gasteiger partial charge on any atom is 0.188 e. The van der Waals surface area contributed by atoms with Crippen LogP contribution in [0.3, 0.4) is 0 Å². The molecule has 0 radical (unpaired) electrons. The average molecular weight is 475 g/mol. The molecular formula is C19H30IN3O3. The minimum Gasteiger partial charge on any atom is -0.493 e. The molecule has 0 aromatic heterocycles. The minimum absolute atomic E-state index is 0. The molecule has 1 aliphatic carbocycles. The summed E-state index contributed by atoms with van der Waals surface area (Å²) >= 11 is 0. The number of ether oxygens (including phenoxy) is 3. The lowest BCUT2D eigenvalue weighted by Gasteiger charge is -2.25. The summed E-state index contributed by atoms with van der Waals surface area (Å²) in [7, 11) is 1.65. The summed E-state index contributed by atoms with van der Waals surface area (Å²) < 4.78 is 16.9. The van der Waals surface area contributed by atoms with E-state index in [0.29, 0.717) is 24.9 Å². The Morgan fingerprint density at radius 1 is 1.27 bits per heavy atom. The Bertz CT molecular complexity index is 587. The fraction of sp³-hybridized carbons (Fsp3) is 0.632. The Morgan fingerprint density at radius 3 is 2.77 bits per heavy atom. The van der Waals surface area contributed by atoms with Gasteiger partial charge in [0.1, 0.15) is 6.61 Å². The zero-order valence-electron chi connectivity index (χ0n) is 15.4. The number of rotatable bonds is 8. The van der Waals surface area contributed by atoms with E-state index in [-0.39, 0.29) is 30.1 Å². The summed E-state index contributed by atoms with van der Waals surface area (Å²) in [6.45, 7) is 2.84. The highest BCUT2D eigenvalue weighted by Gasteiger charge is 2.18. The highest BCUT2D eigenvalue weighted by atomic mass is 127. The van der Waals surface area contributed by atoms with Crippen LogP contribution >= 0.6 is 24.0 Å². The van der Waals surface area contributed by atoms with Crippen LogP contribution in [0.2, 0.25) is 0 Å². The van der Waals surface area contributed by atoms with Crippen LogP contribution in [-0.2, 0) is 11.3 Å². The number of hydrogen-bond donors (Lipinski definition) is 2. The molecule has 1 heterocycles. The molecule has 1 saturated carbocycles. The zero-order chi connectivity index (χ0) is 17.5. The van der Waals surface area contributed by atoms with Crippen molar-refractivity contribution in [2.45, 2.75) is 44.8 Å². The molecule has 1 aliphatic heterocycles. The molecule has 0 spiro atoms. The number of guanidine groups is 1. The van der Waals surface area contributed by atoms with Crippen molar-refractivity contribution >= 4 is 29.9 Å². The van der Waals surface area contributed by atoms with Gasteiger partial charge in [-0.15, -0.1) is 24.0 Å². The number of methoxy groups -OCH3 is 1. The average Bonchev–Trinajstić information content (AvgIpc) is 3.10. The summed E-state index contributed by atoms with van der Waals surface area (Å²) in [6, 6.07) is 5.88. The lowest BCUT2D eigenvalue weighted by Crippen LogP contribution is -2.37. The number of aliphatic imine (C=N–C) groups is 1. The normalized spacial score (nSPS) is 20.2. The minimum atomic E-state index is 0. The number of nitrogens with zero attached hydrogens (tertiary/aromatic N) is 1. The molecule has 3 N–H and O–H groups in total. The number of nitrogens with one attached hydrogen (secondary N) is 1. The maximum atomic E-state index is 5.94. The molecule has 1 aromatic carbocycles. The molecule has 1 unspecified atom stereocenters. The van der Waals surface area contributed by atoms with E-state index in [1.54, 1.807) is 7.11 Å². The number of hydrogen-bond acceptors (Lipinski definition) is 4. The van der Waals surface area contributed by atoms with Gasteiger partial charge in [-0.2, -0.15) is 0 Å². The SMILES string of the molecule is COc1cc(CN=C(N)NCC2CCC2)ccc1OCC1CCCO1.I. The quantitative estimate of drug-likeness (QED) is 0.343. The lowest BCUT2D eigenvalue weighted by molar-refractivity contribution is 0.0669. The molecule has 26 heavy (non-hydrogen) atoms. The van der Waals surface area contributed by atoms with Crippen molar-refractivity contribution in [2.75, 3.05) is 26.9 Å². The highest BCUT2D eigenvalue weighted by Crippen LogP contribution is 2.29. The number of nitrogens with two attached hydrogens (primary N) is 1. The van der Waals surface area contributed by atoms with Gasteiger partial charge in [0.05, 0.1) is 19.8 Å². The third-order valence-electron chi connectivity index (χ3n) is 4.91. The van der Waals surface area contributed by atoms with E-state index in [4.69, 9.17) is 19.9 Å². The van der Waals surface area contributed by atoms with Crippen molar-refractivity contribution in [3.05, 3.63) is 23.8 Å². The fourth-order valence-electron chi connectivity index (χ4n) is 3.07. The van der Waals surface area contributed by atoms with E-state index in [1.807, 2.05) is 18.2 Å². The molecule has 0 bridgehead atoms.